The molecule has 0 heterocycles. The van der Waals surface area contributed by atoms with Gasteiger partial charge in [-0.25, -0.2) is 20.0 Å². The van der Waals surface area contributed by atoms with Crippen molar-refractivity contribution in [2.45, 2.75) is 19.1 Å². The first-order valence-corrected chi connectivity index (χ1v) is 6.40. The molecule has 2 amide bonds. The number of aliphatic hydroxyl groups excluding tert-OH is 2. The van der Waals surface area contributed by atoms with Crippen LogP contribution in [0.25, 0.3) is 6.08 Å². The number of nitrogens with one attached hydrogen (secondary N) is 1. The van der Waals surface area contributed by atoms with Crippen molar-refractivity contribution in [2.75, 3.05) is 6.61 Å². The van der Waals surface area contributed by atoms with E-state index in [9.17, 15) is 19.8 Å². The van der Waals surface area contributed by atoms with Crippen molar-refractivity contribution in [2.24, 2.45) is 0 Å². The first kappa shape index (κ1) is 17.5. The molecule has 1 aromatic carbocycles. The van der Waals surface area contributed by atoms with E-state index in [1.54, 1.807) is 23.6 Å². The molecule has 22 heavy (non-hydrogen) atoms. The molecule has 0 bridgehead atoms. The minimum absolute atomic E-state index is 0.243. The summed E-state index contributed by atoms with van der Waals surface area (Å²) in [6, 6.07) is 5.97. The van der Waals surface area contributed by atoms with Gasteiger partial charge in [-0.1, -0.05) is 42.0 Å². The van der Waals surface area contributed by atoms with E-state index in [0.717, 1.165) is 11.1 Å². The smallest absolute Gasteiger partial charge is 0.426 e. The first-order chi connectivity index (χ1) is 10.3. The highest BCUT2D eigenvalue weighted by molar-refractivity contribution is 5.72. The molecule has 8 nitrogen and oxygen atoms in total. The Morgan fingerprint density at radius 2 is 1.86 bits per heavy atom. The standard InChI is InChI=1S/C14H18N2O6/c1-9-2-4-10(5-3-9)6-7-12(18)11(8-17)16(14(21)22)15-13(19)20/h2-7,11-12,15,17-18H,8H2,1H3,(H,19,20)(H,21,22)/t11?,12-/m1/s1. The van der Waals surface area contributed by atoms with E-state index in [0.29, 0.717) is 0 Å². The van der Waals surface area contributed by atoms with Crippen LogP contribution in [0.5, 0.6) is 0 Å². The zero-order chi connectivity index (χ0) is 16.7. The van der Waals surface area contributed by atoms with Gasteiger partial charge < -0.3 is 20.4 Å². The van der Waals surface area contributed by atoms with E-state index in [4.69, 9.17) is 10.2 Å². The highest BCUT2D eigenvalue weighted by Gasteiger charge is 2.29. The number of aryl methyl sites for hydroxylation is 1. The average molecular weight is 310 g/mol. The topological polar surface area (TPSA) is 130 Å². The second kappa shape index (κ2) is 8.01. The molecule has 0 saturated heterocycles. The quantitative estimate of drug-likeness (QED) is 0.513. The van der Waals surface area contributed by atoms with E-state index in [-0.39, 0.29) is 5.01 Å². The van der Waals surface area contributed by atoms with E-state index in [1.807, 2.05) is 19.1 Å². The molecular weight excluding hydrogens is 292 g/mol. The van der Waals surface area contributed by atoms with Gasteiger partial charge in [-0.3, -0.25) is 0 Å². The van der Waals surface area contributed by atoms with Crippen molar-refractivity contribution in [3.63, 3.8) is 0 Å². The number of nitrogens with zero attached hydrogens (tertiary/aromatic N) is 1. The minimum atomic E-state index is -1.63. The van der Waals surface area contributed by atoms with Crippen LogP contribution in [0.3, 0.4) is 0 Å². The summed E-state index contributed by atoms with van der Waals surface area (Å²) in [6.07, 6.45) is -1.81. The number of hydrazine groups is 1. The molecule has 1 rings (SSSR count). The van der Waals surface area contributed by atoms with Crippen LogP contribution in [-0.4, -0.2) is 56.4 Å². The Kier molecular flexibility index (Phi) is 6.36. The summed E-state index contributed by atoms with van der Waals surface area (Å²) in [5, 5.41) is 37.0. The lowest BCUT2D eigenvalue weighted by Gasteiger charge is -2.29. The highest BCUT2D eigenvalue weighted by atomic mass is 16.4. The number of amides is 2. The van der Waals surface area contributed by atoms with Crippen molar-refractivity contribution < 1.29 is 30.0 Å². The molecular formula is C14H18N2O6. The third-order valence-corrected chi connectivity index (χ3v) is 2.90. The molecule has 120 valence electrons. The third-order valence-electron chi connectivity index (χ3n) is 2.90. The van der Waals surface area contributed by atoms with Crippen LogP contribution in [0.4, 0.5) is 9.59 Å². The fourth-order valence-corrected chi connectivity index (χ4v) is 1.73. The molecule has 0 spiro atoms. The normalized spacial score (nSPS) is 13.6. The summed E-state index contributed by atoms with van der Waals surface area (Å²) < 4.78 is 0. The monoisotopic (exact) mass is 310 g/mol. The summed E-state index contributed by atoms with van der Waals surface area (Å²) in [5.41, 5.74) is 3.45. The Balaban J connectivity index is 2.85. The van der Waals surface area contributed by atoms with E-state index < -0.39 is 30.9 Å². The Hall–Kier alpha value is -2.58. The summed E-state index contributed by atoms with van der Waals surface area (Å²) in [5.74, 6) is 0. The highest BCUT2D eigenvalue weighted by Crippen LogP contribution is 2.09. The lowest BCUT2D eigenvalue weighted by Crippen LogP contribution is -2.56. The van der Waals surface area contributed by atoms with E-state index in [1.165, 1.54) is 6.08 Å². The maximum Gasteiger partial charge on any atom is 0.426 e. The molecule has 0 aliphatic carbocycles. The molecule has 0 aliphatic rings. The Bertz CT molecular complexity index is 543. The second-order valence-corrected chi connectivity index (χ2v) is 4.58. The number of carboxylic acid groups (broad SMARTS) is 2. The molecule has 1 aromatic rings. The van der Waals surface area contributed by atoms with Crippen LogP contribution < -0.4 is 5.43 Å². The van der Waals surface area contributed by atoms with Gasteiger partial charge in [0.2, 0.25) is 0 Å². The Labute approximate surface area is 126 Å². The van der Waals surface area contributed by atoms with Gasteiger partial charge in [-0.05, 0) is 12.5 Å². The van der Waals surface area contributed by atoms with E-state index in [2.05, 4.69) is 0 Å². The number of hydrogen-bond donors (Lipinski definition) is 5. The number of hydrogen-bond acceptors (Lipinski definition) is 4. The minimum Gasteiger partial charge on any atom is -0.464 e. The average Bonchev–Trinajstić information content (AvgIpc) is 2.45. The maximum atomic E-state index is 11.0. The summed E-state index contributed by atoms with van der Waals surface area (Å²) in [4.78, 5) is 21.6. The number of rotatable bonds is 5. The Morgan fingerprint density at radius 1 is 1.27 bits per heavy atom. The van der Waals surface area contributed by atoms with Crippen LogP contribution in [0, 0.1) is 6.92 Å². The van der Waals surface area contributed by atoms with Crippen LogP contribution in [-0.2, 0) is 0 Å². The van der Waals surface area contributed by atoms with Gasteiger partial charge in [0.25, 0.3) is 0 Å². The van der Waals surface area contributed by atoms with E-state index >= 15 is 0 Å². The summed E-state index contributed by atoms with van der Waals surface area (Å²) in [7, 11) is 0. The van der Waals surface area contributed by atoms with Gasteiger partial charge in [0.15, 0.2) is 0 Å². The molecule has 0 saturated carbocycles. The first-order valence-electron chi connectivity index (χ1n) is 6.40. The third kappa shape index (κ3) is 5.08. The molecule has 2 atom stereocenters. The van der Waals surface area contributed by atoms with Crippen molar-refractivity contribution in [1.29, 1.82) is 0 Å². The molecule has 0 radical (unpaired) electrons. The molecule has 0 aliphatic heterocycles. The fourth-order valence-electron chi connectivity index (χ4n) is 1.73. The largest absolute Gasteiger partial charge is 0.464 e. The number of aliphatic hydroxyl groups is 2. The van der Waals surface area contributed by atoms with Crippen LogP contribution in [0.1, 0.15) is 11.1 Å². The lowest BCUT2D eigenvalue weighted by atomic mass is 10.1. The SMILES string of the molecule is Cc1ccc(C=C[C@@H](O)C(CO)N(NC(=O)O)C(=O)O)cc1. The second-order valence-electron chi connectivity index (χ2n) is 4.58. The van der Waals surface area contributed by atoms with Gasteiger partial charge in [0.1, 0.15) is 6.04 Å². The zero-order valence-corrected chi connectivity index (χ0v) is 11.9. The van der Waals surface area contributed by atoms with Gasteiger partial charge in [0.05, 0.1) is 12.7 Å². The maximum absolute atomic E-state index is 11.0. The summed E-state index contributed by atoms with van der Waals surface area (Å²) >= 11 is 0. The van der Waals surface area contributed by atoms with Crippen molar-refractivity contribution >= 4 is 18.3 Å². The number of carbonyl (C=O) groups is 2. The van der Waals surface area contributed by atoms with Crippen molar-refractivity contribution in [3.8, 4) is 0 Å². The van der Waals surface area contributed by atoms with Crippen LogP contribution in [0.2, 0.25) is 0 Å². The predicted molar refractivity (Wildman–Crippen MR) is 78.1 cm³/mol. The fraction of sp³-hybridized carbons (Fsp3) is 0.286. The molecule has 1 unspecified atom stereocenters. The van der Waals surface area contributed by atoms with Crippen LogP contribution in [0.15, 0.2) is 30.3 Å². The molecule has 8 heteroatoms. The van der Waals surface area contributed by atoms with Gasteiger partial charge in [-0.15, -0.1) is 0 Å². The molecule has 0 aromatic heterocycles. The molecule has 0 fully saturated rings. The molecule has 5 N–H and O–H groups in total. The Morgan fingerprint density at radius 3 is 2.32 bits per heavy atom. The van der Waals surface area contributed by atoms with Crippen molar-refractivity contribution in [1.82, 2.24) is 10.4 Å². The number of benzene rings is 1. The van der Waals surface area contributed by atoms with Crippen LogP contribution >= 0.6 is 0 Å². The lowest BCUT2D eigenvalue weighted by molar-refractivity contribution is 0.0171. The van der Waals surface area contributed by atoms with Crippen molar-refractivity contribution in [3.05, 3.63) is 41.5 Å². The van der Waals surface area contributed by atoms with Gasteiger partial charge in [0, 0.05) is 0 Å². The van der Waals surface area contributed by atoms with Gasteiger partial charge in [-0.2, -0.15) is 0 Å². The summed E-state index contributed by atoms with van der Waals surface area (Å²) in [6.45, 7) is 1.17. The van der Waals surface area contributed by atoms with Gasteiger partial charge >= 0.3 is 12.2 Å². The zero-order valence-electron chi connectivity index (χ0n) is 11.9. The predicted octanol–water partition coefficient (Wildman–Crippen LogP) is 0.893.